The minimum absolute atomic E-state index is 0.204. The number of rotatable bonds is 6. The molecule has 0 saturated heterocycles. The van der Waals surface area contributed by atoms with Crippen LogP contribution in [0.25, 0.3) is 0 Å². The fourth-order valence-corrected chi connectivity index (χ4v) is 2.30. The molecule has 1 aliphatic carbocycles. The number of nitrogens with zero attached hydrogens (tertiary/aromatic N) is 1. The zero-order chi connectivity index (χ0) is 17.7. The maximum atomic E-state index is 12.6. The highest BCUT2D eigenvalue weighted by molar-refractivity contribution is 6.31. The van der Waals surface area contributed by atoms with Crippen LogP contribution >= 0.6 is 11.6 Å². The van der Waals surface area contributed by atoms with E-state index in [1.165, 1.54) is 6.07 Å². The molecule has 24 heavy (non-hydrogen) atoms. The smallest absolute Gasteiger partial charge is 0.330 e. The second-order valence-corrected chi connectivity index (χ2v) is 5.85. The maximum absolute atomic E-state index is 12.6. The highest BCUT2D eigenvalue weighted by Gasteiger charge is 2.31. The number of halogens is 1. The van der Waals surface area contributed by atoms with E-state index in [1.54, 1.807) is 31.0 Å². The molecule has 0 bridgehead atoms. The number of benzene rings is 1. The first-order valence-electron chi connectivity index (χ1n) is 7.65. The molecule has 0 atom stereocenters. The van der Waals surface area contributed by atoms with Gasteiger partial charge in [0.2, 0.25) is 5.91 Å². The van der Waals surface area contributed by atoms with Crippen LogP contribution in [0.3, 0.4) is 0 Å². The molecule has 0 unspecified atom stereocenters. The third-order valence-electron chi connectivity index (χ3n) is 3.54. The molecule has 0 radical (unpaired) electrons. The summed E-state index contributed by atoms with van der Waals surface area (Å²) in [5.74, 6) is -1.34. The van der Waals surface area contributed by atoms with Crippen molar-refractivity contribution < 1.29 is 19.1 Å². The molecule has 0 heterocycles. The van der Waals surface area contributed by atoms with E-state index < -0.39 is 11.9 Å². The SMILES string of the molecule is CCOC(=O)/C=C\C(=O)Nc1ccc(Cl)cc1C(=O)N(C)C1CC1. The molecule has 0 aliphatic heterocycles. The van der Waals surface area contributed by atoms with Crippen molar-refractivity contribution in [3.63, 3.8) is 0 Å². The molecule has 128 valence electrons. The fraction of sp³-hybridized carbons (Fsp3) is 0.353. The van der Waals surface area contributed by atoms with Gasteiger partial charge >= 0.3 is 5.97 Å². The lowest BCUT2D eigenvalue weighted by molar-refractivity contribution is -0.137. The van der Waals surface area contributed by atoms with Crippen molar-refractivity contribution in [3.05, 3.63) is 40.9 Å². The van der Waals surface area contributed by atoms with E-state index in [1.807, 2.05) is 0 Å². The molecular formula is C17H19ClN2O4. The quantitative estimate of drug-likeness (QED) is 0.632. The summed E-state index contributed by atoms with van der Waals surface area (Å²) in [6.07, 6.45) is 4.05. The first-order valence-corrected chi connectivity index (χ1v) is 8.02. The zero-order valence-electron chi connectivity index (χ0n) is 13.5. The number of ether oxygens (including phenoxy) is 1. The largest absolute Gasteiger partial charge is 0.463 e. The van der Waals surface area contributed by atoms with Crippen LogP contribution < -0.4 is 5.32 Å². The maximum Gasteiger partial charge on any atom is 0.330 e. The topological polar surface area (TPSA) is 75.7 Å². The average Bonchev–Trinajstić information content (AvgIpc) is 3.38. The summed E-state index contributed by atoms with van der Waals surface area (Å²) in [6, 6.07) is 4.91. The predicted molar refractivity (Wildman–Crippen MR) is 91.0 cm³/mol. The summed E-state index contributed by atoms with van der Waals surface area (Å²) in [5, 5.41) is 3.00. The Morgan fingerprint density at radius 2 is 2.04 bits per heavy atom. The van der Waals surface area contributed by atoms with Crippen molar-refractivity contribution in [2.45, 2.75) is 25.8 Å². The van der Waals surface area contributed by atoms with Crippen molar-refractivity contribution in [1.82, 2.24) is 4.90 Å². The standard InChI is InChI=1S/C17H19ClN2O4/c1-3-24-16(22)9-8-15(21)19-14-7-4-11(18)10-13(14)17(23)20(2)12-5-6-12/h4,7-10,12H,3,5-6H2,1-2H3,(H,19,21)/b9-8-. The zero-order valence-corrected chi connectivity index (χ0v) is 14.3. The first-order chi connectivity index (χ1) is 11.4. The Morgan fingerprint density at radius 3 is 2.67 bits per heavy atom. The van der Waals surface area contributed by atoms with Gasteiger partial charge in [-0.2, -0.15) is 0 Å². The highest BCUT2D eigenvalue weighted by Crippen LogP contribution is 2.29. The summed E-state index contributed by atoms with van der Waals surface area (Å²) in [4.78, 5) is 37.4. The summed E-state index contributed by atoms with van der Waals surface area (Å²) < 4.78 is 4.70. The molecular weight excluding hydrogens is 332 g/mol. The van der Waals surface area contributed by atoms with Gasteiger partial charge in [0.25, 0.3) is 5.91 Å². The molecule has 1 saturated carbocycles. The van der Waals surface area contributed by atoms with E-state index in [2.05, 4.69) is 5.32 Å². The summed E-state index contributed by atoms with van der Waals surface area (Å²) >= 11 is 5.98. The van der Waals surface area contributed by atoms with E-state index >= 15 is 0 Å². The Morgan fingerprint density at radius 1 is 1.33 bits per heavy atom. The van der Waals surface area contributed by atoms with Gasteiger partial charge in [-0.3, -0.25) is 9.59 Å². The lowest BCUT2D eigenvalue weighted by Crippen LogP contribution is -2.29. The second-order valence-electron chi connectivity index (χ2n) is 5.41. The predicted octanol–water partition coefficient (Wildman–Crippen LogP) is 2.63. The number of hydrogen-bond donors (Lipinski definition) is 1. The minimum Gasteiger partial charge on any atom is -0.463 e. The number of hydrogen-bond acceptors (Lipinski definition) is 4. The Labute approximate surface area is 145 Å². The summed E-state index contributed by atoms with van der Waals surface area (Å²) in [6.45, 7) is 1.90. The third-order valence-corrected chi connectivity index (χ3v) is 3.78. The molecule has 1 aliphatic rings. The van der Waals surface area contributed by atoms with E-state index in [-0.39, 0.29) is 18.6 Å². The normalized spacial score (nSPS) is 13.6. The fourth-order valence-electron chi connectivity index (χ4n) is 2.13. The van der Waals surface area contributed by atoms with Crippen molar-refractivity contribution >= 4 is 35.1 Å². The van der Waals surface area contributed by atoms with Gasteiger partial charge in [0.05, 0.1) is 17.9 Å². The second kappa shape index (κ2) is 7.97. The number of carbonyl (C=O) groups excluding carboxylic acids is 3. The van der Waals surface area contributed by atoms with Crippen LogP contribution in [0.15, 0.2) is 30.4 Å². The van der Waals surface area contributed by atoms with Crippen molar-refractivity contribution in [1.29, 1.82) is 0 Å². The van der Waals surface area contributed by atoms with E-state index in [0.29, 0.717) is 16.3 Å². The van der Waals surface area contributed by atoms with E-state index in [0.717, 1.165) is 25.0 Å². The molecule has 6 nitrogen and oxygen atoms in total. The Kier molecular flexibility index (Phi) is 5.98. The molecule has 2 amide bonds. The highest BCUT2D eigenvalue weighted by atomic mass is 35.5. The van der Waals surface area contributed by atoms with Crippen LogP contribution in [0.1, 0.15) is 30.1 Å². The lowest BCUT2D eigenvalue weighted by Gasteiger charge is -2.18. The van der Waals surface area contributed by atoms with Crippen LogP contribution in [0.4, 0.5) is 5.69 Å². The van der Waals surface area contributed by atoms with Gasteiger partial charge in [0.15, 0.2) is 0 Å². The average molecular weight is 351 g/mol. The molecule has 7 heteroatoms. The summed E-state index contributed by atoms with van der Waals surface area (Å²) in [7, 11) is 1.73. The number of amides is 2. The van der Waals surface area contributed by atoms with Crippen LogP contribution in [-0.4, -0.2) is 42.4 Å². The molecule has 1 fully saturated rings. The van der Waals surface area contributed by atoms with Gasteiger partial charge in [-0.25, -0.2) is 4.79 Å². The van der Waals surface area contributed by atoms with Crippen LogP contribution in [0.2, 0.25) is 5.02 Å². The van der Waals surface area contributed by atoms with Crippen LogP contribution in [0.5, 0.6) is 0 Å². The molecule has 1 aromatic rings. The van der Waals surface area contributed by atoms with Gasteiger partial charge in [0.1, 0.15) is 0 Å². The Bertz CT molecular complexity index is 683. The number of carbonyl (C=O) groups is 3. The number of esters is 1. The molecule has 0 spiro atoms. The monoisotopic (exact) mass is 350 g/mol. The van der Waals surface area contributed by atoms with Crippen molar-refractivity contribution in [2.24, 2.45) is 0 Å². The lowest BCUT2D eigenvalue weighted by atomic mass is 10.1. The van der Waals surface area contributed by atoms with Crippen molar-refractivity contribution in [3.8, 4) is 0 Å². The first kappa shape index (κ1) is 18.0. The molecule has 1 N–H and O–H groups in total. The number of nitrogens with one attached hydrogen (secondary N) is 1. The molecule has 2 rings (SSSR count). The van der Waals surface area contributed by atoms with E-state index in [9.17, 15) is 14.4 Å². The summed E-state index contributed by atoms with van der Waals surface area (Å²) in [5.41, 5.74) is 0.658. The van der Waals surface area contributed by atoms with E-state index in [4.69, 9.17) is 16.3 Å². The van der Waals surface area contributed by atoms with Gasteiger partial charge in [-0.15, -0.1) is 0 Å². The molecule has 0 aromatic heterocycles. The Balaban J connectivity index is 2.13. The minimum atomic E-state index is -0.603. The van der Waals surface area contributed by atoms with Crippen LogP contribution in [-0.2, 0) is 14.3 Å². The van der Waals surface area contributed by atoms with Gasteiger partial charge < -0.3 is 15.0 Å². The van der Waals surface area contributed by atoms with Gasteiger partial charge in [-0.05, 0) is 38.0 Å². The number of anilines is 1. The Hall–Kier alpha value is -2.34. The van der Waals surface area contributed by atoms with Crippen molar-refractivity contribution in [2.75, 3.05) is 19.0 Å². The van der Waals surface area contributed by atoms with Crippen LogP contribution in [0, 0.1) is 0 Å². The third kappa shape index (κ3) is 4.83. The van der Waals surface area contributed by atoms with Gasteiger partial charge in [-0.1, -0.05) is 11.6 Å². The molecule has 1 aromatic carbocycles. The van der Waals surface area contributed by atoms with Gasteiger partial charge in [0, 0.05) is 30.3 Å².